The first kappa shape index (κ1) is 7.18. The van der Waals surface area contributed by atoms with Crippen LogP contribution in [0.25, 0.3) is 0 Å². The van der Waals surface area contributed by atoms with Crippen LogP contribution in [0.4, 0.5) is 0 Å². The van der Waals surface area contributed by atoms with E-state index in [4.69, 9.17) is 16.9 Å². The normalized spacial score (nSPS) is 8.80. The van der Waals surface area contributed by atoms with Gasteiger partial charge in [-0.05, 0) is 6.07 Å². The van der Waals surface area contributed by atoms with E-state index in [-0.39, 0.29) is 0 Å². The van der Waals surface area contributed by atoms with Gasteiger partial charge in [0.1, 0.15) is 13.9 Å². The molecule has 48 valence electrons. The minimum atomic E-state index is 0.543. The van der Waals surface area contributed by atoms with Crippen LogP contribution < -0.4 is 5.46 Å². The second-order valence-electron chi connectivity index (χ2n) is 2.05. The zero-order chi connectivity index (χ0) is 7.56. The predicted octanol–water partition coefficient (Wildman–Crippen LogP) is 0.470. The van der Waals surface area contributed by atoms with Crippen molar-refractivity contribution in [2.45, 2.75) is 0 Å². The molecule has 1 rings (SSSR count). The predicted molar refractivity (Wildman–Crippen MR) is 44.3 cm³/mol. The van der Waals surface area contributed by atoms with Gasteiger partial charge in [-0.2, -0.15) is 5.26 Å². The van der Waals surface area contributed by atoms with Crippen molar-refractivity contribution >= 4 is 24.9 Å². The lowest BCUT2D eigenvalue weighted by Crippen LogP contribution is -2.04. The van der Waals surface area contributed by atoms with Gasteiger partial charge in [0.25, 0.3) is 0 Å². The smallest absolute Gasteiger partial charge is 0.141 e. The van der Waals surface area contributed by atoms with Gasteiger partial charge < -0.3 is 0 Å². The number of hydrogen-bond donors (Lipinski definition) is 0. The van der Waals surface area contributed by atoms with Gasteiger partial charge in [0.15, 0.2) is 0 Å². The monoisotopic (exact) mass is 149 g/mol. The van der Waals surface area contributed by atoms with Crippen molar-refractivity contribution in [1.29, 1.82) is 5.26 Å². The van der Waals surface area contributed by atoms with Gasteiger partial charge in [0, 0.05) is 0 Å². The quantitative estimate of drug-likeness (QED) is 0.492. The topological polar surface area (TPSA) is 23.8 Å². The Morgan fingerprint density at radius 2 is 2.20 bits per heavy atom. The SMILES string of the molecule is Bc1cccc(C#N)c1Cl. The molecule has 0 radical (unpaired) electrons. The Labute approximate surface area is 65.6 Å². The van der Waals surface area contributed by atoms with E-state index in [2.05, 4.69) is 0 Å². The molecular formula is C7H5BClN. The molecule has 0 aliphatic rings. The van der Waals surface area contributed by atoms with E-state index in [9.17, 15) is 0 Å². The molecule has 1 nitrogen and oxygen atoms in total. The fourth-order valence-electron chi connectivity index (χ4n) is 0.734. The molecule has 0 aliphatic heterocycles. The van der Waals surface area contributed by atoms with Crippen LogP contribution in [0.15, 0.2) is 18.2 Å². The van der Waals surface area contributed by atoms with Crippen molar-refractivity contribution in [2.75, 3.05) is 0 Å². The summed E-state index contributed by atoms with van der Waals surface area (Å²) in [5.41, 5.74) is 1.49. The number of rotatable bonds is 0. The summed E-state index contributed by atoms with van der Waals surface area (Å²) in [6.07, 6.45) is 0. The van der Waals surface area contributed by atoms with E-state index < -0.39 is 0 Å². The summed E-state index contributed by atoms with van der Waals surface area (Å²) in [6, 6.07) is 7.41. The zero-order valence-electron chi connectivity index (χ0n) is 5.56. The maximum absolute atomic E-state index is 8.51. The molecule has 0 N–H and O–H groups in total. The number of benzene rings is 1. The fourth-order valence-corrected chi connectivity index (χ4v) is 0.902. The summed E-state index contributed by atoms with van der Waals surface area (Å²) in [7, 11) is 1.88. The van der Waals surface area contributed by atoms with Crippen LogP contribution in [0.5, 0.6) is 0 Å². The van der Waals surface area contributed by atoms with Crippen molar-refractivity contribution in [1.82, 2.24) is 0 Å². The van der Waals surface area contributed by atoms with Crippen LogP contribution in [0.1, 0.15) is 5.56 Å². The minimum absolute atomic E-state index is 0.543. The second-order valence-corrected chi connectivity index (χ2v) is 2.43. The molecule has 3 heteroatoms. The van der Waals surface area contributed by atoms with E-state index in [1.54, 1.807) is 6.07 Å². The van der Waals surface area contributed by atoms with Gasteiger partial charge in [-0.1, -0.05) is 29.2 Å². The second kappa shape index (κ2) is 2.77. The van der Waals surface area contributed by atoms with Crippen molar-refractivity contribution < 1.29 is 0 Å². The van der Waals surface area contributed by atoms with Crippen molar-refractivity contribution in [3.8, 4) is 6.07 Å². The molecule has 0 atom stereocenters. The van der Waals surface area contributed by atoms with E-state index in [0.29, 0.717) is 10.6 Å². The molecule has 0 saturated carbocycles. The van der Waals surface area contributed by atoms with Gasteiger partial charge in [0.05, 0.1) is 10.6 Å². The zero-order valence-corrected chi connectivity index (χ0v) is 6.31. The Kier molecular flexibility index (Phi) is 1.98. The summed E-state index contributed by atoms with van der Waals surface area (Å²) in [5, 5.41) is 9.07. The highest BCUT2D eigenvalue weighted by atomic mass is 35.5. The standard InChI is InChI=1S/C7H5BClN/c8-6-3-1-2-5(4-10)7(6)9/h1-3H,8H2. The van der Waals surface area contributed by atoms with Crippen molar-refractivity contribution in [3.63, 3.8) is 0 Å². The third-order valence-electron chi connectivity index (χ3n) is 1.31. The lowest BCUT2D eigenvalue weighted by atomic mass is 9.94. The van der Waals surface area contributed by atoms with E-state index in [1.807, 2.05) is 26.0 Å². The van der Waals surface area contributed by atoms with Crippen LogP contribution in [-0.2, 0) is 0 Å². The van der Waals surface area contributed by atoms with Crippen LogP contribution in [0.2, 0.25) is 5.02 Å². The number of hydrogen-bond acceptors (Lipinski definition) is 1. The van der Waals surface area contributed by atoms with Crippen LogP contribution in [0.3, 0.4) is 0 Å². The van der Waals surface area contributed by atoms with Gasteiger partial charge >= 0.3 is 0 Å². The van der Waals surface area contributed by atoms with E-state index in [0.717, 1.165) is 5.46 Å². The van der Waals surface area contributed by atoms with E-state index in [1.165, 1.54) is 0 Å². The number of nitrogens with zero attached hydrogens (tertiary/aromatic N) is 1. The first-order chi connectivity index (χ1) is 4.75. The first-order valence-electron chi connectivity index (χ1n) is 2.91. The highest BCUT2D eigenvalue weighted by Crippen LogP contribution is 2.09. The molecule has 0 amide bonds. The minimum Gasteiger partial charge on any atom is -0.192 e. The molecule has 0 heterocycles. The van der Waals surface area contributed by atoms with Crippen molar-refractivity contribution in [2.24, 2.45) is 0 Å². The lowest BCUT2D eigenvalue weighted by molar-refractivity contribution is 1.49. The first-order valence-corrected chi connectivity index (χ1v) is 3.28. The fraction of sp³-hybridized carbons (Fsp3) is 0. The molecule has 0 saturated heterocycles. The third-order valence-corrected chi connectivity index (χ3v) is 1.81. The Morgan fingerprint density at radius 1 is 1.50 bits per heavy atom. The van der Waals surface area contributed by atoms with Crippen molar-refractivity contribution in [3.05, 3.63) is 28.8 Å². The average Bonchev–Trinajstić information content (AvgIpc) is 1.95. The lowest BCUT2D eigenvalue weighted by Gasteiger charge is -1.96. The van der Waals surface area contributed by atoms with Gasteiger partial charge in [-0.25, -0.2) is 0 Å². The Balaban J connectivity index is 3.31. The summed E-state index contributed by atoms with van der Waals surface area (Å²) in [4.78, 5) is 0. The number of nitriles is 1. The van der Waals surface area contributed by atoms with Gasteiger partial charge in [-0.3, -0.25) is 0 Å². The molecule has 0 aromatic heterocycles. The molecule has 10 heavy (non-hydrogen) atoms. The Hall–Kier alpha value is -0.935. The Morgan fingerprint density at radius 3 is 2.70 bits per heavy atom. The third kappa shape index (κ3) is 1.15. The molecule has 0 aliphatic carbocycles. The van der Waals surface area contributed by atoms with Gasteiger partial charge in [0.2, 0.25) is 0 Å². The molecule has 1 aromatic rings. The molecule has 0 bridgehead atoms. The largest absolute Gasteiger partial charge is 0.192 e. The average molecular weight is 149 g/mol. The van der Waals surface area contributed by atoms with Gasteiger partial charge in [-0.15, -0.1) is 0 Å². The molecule has 0 unspecified atom stereocenters. The van der Waals surface area contributed by atoms with Crippen LogP contribution in [0, 0.1) is 11.3 Å². The molecule has 1 aromatic carbocycles. The van der Waals surface area contributed by atoms with E-state index >= 15 is 0 Å². The number of halogens is 1. The highest BCUT2D eigenvalue weighted by Gasteiger charge is 1.98. The van der Waals surface area contributed by atoms with Crippen LogP contribution >= 0.6 is 11.6 Å². The molecule has 0 fully saturated rings. The summed E-state index contributed by atoms with van der Waals surface area (Å²) < 4.78 is 0. The summed E-state index contributed by atoms with van der Waals surface area (Å²) in [5.74, 6) is 0. The Bertz CT molecular complexity index is 290. The van der Waals surface area contributed by atoms with Crippen LogP contribution in [-0.4, -0.2) is 7.85 Å². The maximum atomic E-state index is 8.51. The summed E-state index contributed by atoms with van der Waals surface area (Å²) >= 11 is 5.77. The maximum Gasteiger partial charge on any atom is 0.141 e. The summed E-state index contributed by atoms with van der Waals surface area (Å²) in [6.45, 7) is 0. The molecule has 0 spiro atoms. The highest BCUT2D eigenvalue weighted by molar-refractivity contribution is 6.45. The molecular weight excluding hydrogens is 144 g/mol.